The lowest BCUT2D eigenvalue weighted by molar-refractivity contribution is -0.121. The molecule has 6 nitrogen and oxygen atoms in total. The molecule has 0 spiro atoms. The summed E-state index contributed by atoms with van der Waals surface area (Å²) >= 11 is 4.39. The van der Waals surface area contributed by atoms with E-state index >= 15 is 0 Å². The molecule has 1 aliphatic rings. The third-order valence-corrected chi connectivity index (χ3v) is 5.54. The summed E-state index contributed by atoms with van der Waals surface area (Å²) in [5.41, 5.74) is 1.51. The van der Waals surface area contributed by atoms with Crippen LogP contribution in [0.3, 0.4) is 0 Å². The number of nitrogens with zero attached hydrogens (tertiary/aromatic N) is 2. The Balaban J connectivity index is 1.88. The van der Waals surface area contributed by atoms with Gasteiger partial charge >= 0.3 is 5.97 Å². The Morgan fingerprint density at radius 3 is 2.80 bits per heavy atom. The van der Waals surface area contributed by atoms with Crippen LogP contribution in [0.5, 0.6) is 0 Å². The molecule has 1 aliphatic heterocycles. The van der Waals surface area contributed by atoms with E-state index in [-0.39, 0.29) is 28.8 Å². The summed E-state index contributed by atoms with van der Waals surface area (Å²) in [5, 5.41) is 8.76. The van der Waals surface area contributed by atoms with E-state index in [0.29, 0.717) is 10.2 Å². The summed E-state index contributed by atoms with van der Waals surface area (Å²) in [6.45, 7) is 1.91. The van der Waals surface area contributed by atoms with Crippen molar-refractivity contribution in [2.75, 3.05) is 4.90 Å². The number of carbonyl (C=O) groups excluding carboxylic acids is 2. The highest BCUT2D eigenvalue weighted by atomic mass is 79.9. The zero-order valence-electron chi connectivity index (χ0n) is 13.1. The van der Waals surface area contributed by atoms with E-state index in [4.69, 9.17) is 0 Å². The lowest BCUT2D eigenvalue weighted by Gasteiger charge is -2.17. The first-order valence-corrected chi connectivity index (χ1v) is 9.03. The molecule has 1 saturated heterocycles. The van der Waals surface area contributed by atoms with Crippen LogP contribution in [-0.2, 0) is 9.59 Å². The zero-order valence-corrected chi connectivity index (χ0v) is 15.5. The van der Waals surface area contributed by atoms with E-state index in [1.165, 1.54) is 18.3 Å². The van der Waals surface area contributed by atoms with Gasteiger partial charge in [0.15, 0.2) is 0 Å². The molecular formula is C17H13BrN2O4S. The normalized spacial score (nSPS) is 17.2. The maximum Gasteiger partial charge on any atom is 0.338 e. The molecule has 1 fully saturated rings. The van der Waals surface area contributed by atoms with Gasteiger partial charge in [0.05, 0.1) is 16.5 Å². The third-order valence-electron chi connectivity index (χ3n) is 3.70. The Kier molecular flexibility index (Phi) is 4.91. The van der Waals surface area contributed by atoms with Gasteiger partial charge in [-0.25, -0.2) is 14.7 Å². The predicted molar refractivity (Wildman–Crippen MR) is 96.8 cm³/mol. The number of pyridine rings is 1. The maximum absolute atomic E-state index is 12.7. The van der Waals surface area contributed by atoms with Crippen molar-refractivity contribution in [3.05, 3.63) is 52.1 Å². The van der Waals surface area contributed by atoms with Gasteiger partial charge in [-0.15, -0.1) is 0 Å². The van der Waals surface area contributed by atoms with Crippen LogP contribution in [0.25, 0.3) is 0 Å². The van der Waals surface area contributed by atoms with Gasteiger partial charge in [-0.05, 0) is 52.7 Å². The van der Waals surface area contributed by atoms with Crippen molar-refractivity contribution in [2.24, 2.45) is 0 Å². The number of carbonyl (C=O) groups is 3. The Morgan fingerprint density at radius 1 is 1.36 bits per heavy atom. The predicted octanol–water partition coefficient (Wildman–Crippen LogP) is 3.27. The smallest absolute Gasteiger partial charge is 0.338 e. The number of amides is 2. The van der Waals surface area contributed by atoms with Crippen LogP contribution in [0.2, 0.25) is 0 Å². The number of carboxylic acid groups (broad SMARTS) is 1. The summed E-state index contributed by atoms with van der Waals surface area (Å²) in [6.07, 6.45) is 1.46. The molecule has 2 aromatic rings. The molecule has 1 atom stereocenters. The molecule has 3 rings (SSSR count). The second kappa shape index (κ2) is 6.97. The molecule has 0 bridgehead atoms. The highest BCUT2D eigenvalue weighted by Gasteiger charge is 2.41. The van der Waals surface area contributed by atoms with E-state index in [1.807, 2.05) is 19.1 Å². The number of halogens is 1. The minimum absolute atomic E-state index is 0.000546. The summed E-state index contributed by atoms with van der Waals surface area (Å²) in [6, 6.07) is 8.31. The number of carboxylic acids is 1. The number of benzene rings is 1. The monoisotopic (exact) mass is 420 g/mol. The van der Waals surface area contributed by atoms with Gasteiger partial charge in [-0.3, -0.25) is 9.59 Å². The van der Waals surface area contributed by atoms with E-state index in [0.717, 1.165) is 22.2 Å². The number of hydrogen-bond acceptors (Lipinski definition) is 5. The maximum atomic E-state index is 12.7. The fourth-order valence-electron chi connectivity index (χ4n) is 2.52. The van der Waals surface area contributed by atoms with Gasteiger partial charge in [-0.2, -0.15) is 0 Å². The van der Waals surface area contributed by atoms with Crippen LogP contribution >= 0.6 is 27.7 Å². The van der Waals surface area contributed by atoms with E-state index in [2.05, 4.69) is 20.9 Å². The van der Waals surface area contributed by atoms with Crippen molar-refractivity contribution >= 4 is 51.2 Å². The first-order chi connectivity index (χ1) is 11.9. The lowest BCUT2D eigenvalue weighted by atomic mass is 10.2. The quantitative estimate of drug-likeness (QED) is 0.763. The number of aromatic carboxylic acids is 1. The van der Waals surface area contributed by atoms with Crippen molar-refractivity contribution in [3.8, 4) is 0 Å². The van der Waals surface area contributed by atoms with Crippen molar-refractivity contribution in [1.82, 2.24) is 4.98 Å². The third kappa shape index (κ3) is 3.45. The van der Waals surface area contributed by atoms with Crippen molar-refractivity contribution in [3.63, 3.8) is 0 Å². The lowest BCUT2D eigenvalue weighted by Crippen LogP contribution is -2.31. The molecule has 0 radical (unpaired) electrons. The minimum atomic E-state index is -1.12. The highest BCUT2D eigenvalue weighted by Crippen LogP contribution is 2.37. The van der Waals surface area contributed by atoms with E-state index < -0.39 is 11.2 Å². The van der Waals surface area contributed by atoms with Crippen molar-refractivity contribution in [1.29, 1.82) is 0 Å². The van der Waals surface area contributed by atoms with Gasteiger partial charge in [0.2, 0.25) is 11.8 Å². The molecule has 2 heterocycles. The molecule has 8 heteroatoms. The number of anilines is 1. The molecule has 0 unspecified atom stereocenters. The summed E-state index contributed by atoms with van der Waals surface area (Å²) in [7, 11) is 0. The Labute approximate surface area is 156 Å². The van der Waals surface area contributed by atoms with Crippen LogP contribution in [0, 0.1) is 6.92 Å². The zero-order chi connectivity index (χ0) is 18.1. The molecule has 2 amide bonds. The Hall–Kier alpha value is -2.19. The summed E-state index contributed by atoms with van der Waals surface area (Å²) in [4.78, 5) is 41.6. The standard InChI is InChI=1S/C17H13BrN2O4S/c1-9-4-5-12(11(18)7-9)20-14(21)8-13(16(20)22)25-15-10(17(23)24)3-2-6-19-15/h2-7,13H,8H2,1H3,(H,23,24)/t13-/m0/s1. The van der Waals surface area contributed by atoms with Gasteiger partial charge in [-0.1, -0.05) is 17.8 Å². The molecule has 1 aromatic carbocycles. The Bertz CT molecular complexity index is 887. The molecule has 0 saturated carbocycles. The first kappa shape index (κ1) is 17.6. The summed E-state index contributed by atoms with van der Waals surface area (Å²) in [5.74, 6) is -1.81. The fraction of sp³-hybridized carbons (Fsp3) is 0.176. The van der Waals surface area contributed by atoms with Crippen LogP contribution in [0.1, 0.15) is 22.3 Å². The highest BCUT2D eigenvalue weighted by molar-refractivity contribution is 9.10. The topological polar surface area (TPSA) is 87.6 Å². The number of hydrogen-bond donors (Lipinski definition) is 1. The van der Waals surface area contributed by atoms with Crippen LogP contribution in [0.4, 0.5) is 5.69 Å². The number of thioether (sulfide) groups is 1. The van der Waals surface area contributed by atoms with Gasteiger partial charge < -0.3 is 5.11 Å². The second-order valence-electron chi connectivity index (χ2n) is 5.49. The van der Waals surface area contributed by atoms with Crippen LogP contribution in [-0.4, -0.2) is 33.1 Å². The molecule has 128 valence electrons. The van der Waals surface area contributed by atoms with E-state index in [9.17, 15) is 19.5 Å². The summed E-state index contributed by atoms with van der Waals surface area (Å²) < 4.78 is 0.656. The second-order valence-corrected chi connectivity index (χ2v) is 7.54. The van der Waals surface area contributed by atoms with Gasteiger partial charge in [0, 0.05) is 17.1 Å². The number of aryl methyl sites for hydroxylation is 1. The largest absolute Gasteiger partial charge is 0.478 e. The first-order valence-electron chi connectivity index (χ1n) is 7.36. The fourth-order valence-corrected chi connectivity index (χ4v) is 4.30. The Morgan fingerprint density at radius 2 is 2.12 bits per heavy atom. The molecule has 1 aromatic heterocycles. The SMILES string of the molecule is Cc1ccc(N2C(=O)C[C@H](Sc3ncccc3C(=O)O)C2=O)c(Br)c1. The van der Waals surface area contributed by atoms with Gasteiger partial charge in [0.25, 0.3) is 0 Å². The number of imide groups is 1. The minimum Gasteiger partial charge on any atom is -0.478 e. The molecule has 25 heavy (non-hydrogen) atoms. The molecular weight excluding hydrogens is 408 g/mol. The van der Waals surface area contributed by atoms with Gasteiger partial charge in [0.1, 0.15) is 5.03 Å². The van der Waals surface area contributed by atoms with Crippen molar-refractivity contribution < 1.29 is 19.5 Å². The number of rotatable bonds is 4. The number of aromatic nitrogens is 1. The van der Waals surface area contributed by atoms with E-state index in [1.54, 1.807) is 6.07 Å². The van der Waals surface area contributed by atoms with Crippen LogP contribution in [0.15, 0.2) is 46.0 Å². The molecule has 0 aliphatic carbocycles. The van der Waals surface area contributed by atoms with Crippen LogP contribution < -0.4 is 4.90 Å². The molecule has 1 N–H and O–H groups in total. The average Bonchev–Trinajstić information content (AvgIpc) is 2.82. The van der Waals surface area contributed by atoms with Crippen molar-refractivity contribution in [2.45, 2.75) is 23.6 Å². The average molecular weight is 421 g/mol.